The quantitative estimate of drug-likeness (QED) is 0.488. The lowest BCUT2D eigenvalue weighted by Crippen LogP contribution is -2.01. The number of anilines is 1. The summed E-state index contributed by atoms with van der Waals surface area (Å²) in [6.07, 6.45) is 0. The summed E-state index contributed by atoms with van der Waals surface area (Å²) in [5.41, 5.74) is 1.69. The number of benzene rings is 1. The Morgan fingerprint density at radius 2 is 2.21 bits per heavy atom. The Morgan fingerprint density at radius 3 is 2.74 bits per heavy atom. The predicted molar refractivity (Wildman–Crippen MR) is 66.5 cm³/mol. The number of nitriles is 2. The lowest BCUT2D eigenvalue weighted by atomic mass is 10.2. The van der Waals surface area contributed by atoms with Crippen LogP contribution in [-0.4, -0.2) is 17.2 Å². The summed E-state index contributed by atoms with van der Waals surface area (Å²) in [6.45, 7) is 2.18. The number of nitrogens with zero attached hydrogens (tertiary/aromatic N) is 4. The number of hydrogen-bond donors (Lipinski definition) is 1. The van der Waals surface area contributed by atoms with Crippen molar-refractivity contribution in [3.63, 3.8) is 0 Å². The molecule has 1 N–H and O–H groups in total. The first-order chi connectivity index (χ1) is 9.12. The Bertz CT molecular complexity index is 581. The molecule has 0 heterocycles. The number of hydrogen-bond acceptors (Lipinski definition) is 7. The van der Waals surface area contributed by atoms with Crippen molar-refractivity contribution in [1.29, 1.82) is 10.5 Å². The minimum absolute atomic E-state index is 0.0407. The van der Waals surface area contributed by atoms with Crippen molar-refractivity contribution < 1.29 is 9.66 Å². The topological polar surface area (TPSA) is 124 Å². The Labute approximate surface area is 108 Å². The Morgan fingerprint density at radius 1 is 1.53 bits per heavy atom. The monoisotopic (exact) mass is 259 g/mol. The fraction of sp³-hybridized carbons (Fsp3) is 0.182. The van der Waals surface area contributed by atoms with Crippen molar-refractivity contribution >= 4 is 17.1 Å². The van der Waals surface area contributed by atoms with E-state index in [1.807, 2.05) is 0 Å². The van der Waals surface area contributed by atoms with Crippen LogP contribution in [0.25, 0.3) is 0 Å². The first-order valence-electron chi connectivity index (χ1n) is 5.17. The molecule has 0 saturated carbocycles. The third-order valence-electron chi connectivity index (χ3n) is 1.98. The third-order valence-corrected chi connectivity index (χ3v) is 1.98. The van der Waals surface area contributed by atoms with Gasteiger partial charge in [-0.2, -0.15) is 15.6 Å². The van der Waals surface area contributed by atoms with Gasteiger partial charge in [0.05, 0.1) is 11.5 Å². The number of rotatable bonds is 5. The van der Waals surface area contributed by atoms with Gasteiger partial charge in [-0.3, -0.25) is 15.5 Å². The summed E-state index contributed by atoms with van der Waals surface area (Å²) in [4.78, 5) is 10.2. The molecule has 19 heavy (non-hydrogen) atoms. The van der Waals surface area contributed by atoms with Gasteiger partial charge in [0.15, 0.2) is 0 Å². The van der Waals surface area contributed by atoms with Crippen LogP contribution in [-0.2, 0) is 0 Å². The van der Waals surface area contributed by atoms with E-state index in [9.17, 15) is 10.1 Å². The number of nitrogens with one attached hydrogen (secondary N) is 1. The summed E-state index contributed by atoms with van der Waals surface area (Å²) in [5.74, 6) is 0.418. The Balaban J connectivity index is 3.12. The largest absolute Gasteiger partial charge is 0.494 e. The lowest BCUT2D eigenvalue weighted by Gasteiger charge is -2.06. The highest BCUT2D eigenvalue weighted by molar-refractivity contribution is 6.10. The molecule has 0 unspecified atom stereocenters. The second kappa shape index (κ2) is 6.57. The molecule has 0 aliphatic rings. The zero-order valence-electron chi connectivity index (χ0n) is 9.95. The first-order valence-corrected chi connectivity index (χ1v) is 5.17. The summed E-state index contributed by atoms with van der Waals surface area (Å²) < 4.78 is 5.20. The van der Waals surface area contributed by atoms with Crippen LogP contribution >= 0.6 is 0 Å². The highest BCUT2D eigenvalue weighted by Crippen LogP contribution is 2.28. The predicted octanol–water partition coefficient (Wildman–Crippen LogP) is 1.81. The van der Waals surface area contributed by atoms with E-state index in [1.54, 1.807) is 6.92 Å². The van der Waals surface area contributed by atoms with Crippen molar-refractivity contribution in [2.24, 2.45) is 5.10 Å². The molecular formula is C11H9N5O3. The normalized spacial score (nSPS) is 8.79. The van der Waals surface area contributed by atoms with Gasteiger partial charge in [0.1, 0.15) is 23.6 Å². The molecule has 96 valence electrons. The number of nitro benzene ring substituents is 1. The number of ether oxygens (including phenoxy) is 1. The second-order valence-corrected chi connectivity index (χ2v) is 3.16. The van der Waals surface area contributed by atoms with Gasteiger partial charge in [-0.15, -0.1) is 0 Å². The molecule has 0 aliphatic carbocycles. The van der Waals surface area contributed by atoms with Gasteiger partial charge in [-0.1, -0.05) is 0 Å². The smallest absolute Gasteiger partial charge is 0.294 e. The van der Waals surface area contributed by atoms with E-state index in [-0.39, 0.29) is 11.4 Å². The molecule has 1 aromatic carbocycles. The summed E-state index contributed by atoms with van der Waals surface area (Å²) in [6, 6.07) is 7.15. The zero-order chi connectivity index (χ0) is 14.3. The van der Waals surface area contributed by atoms with Crippen LogP contribution in [0.1, 0.15) is 6.92 Å². The highest BCUT2D eigenvalue weighted by Gasteiger charge is 2.14. The van der Waals surface area contributed by atoms with E-state index in [4.69, 9.17) is 15.3 Å². The average Bonchev–Trinajstić information content (AvgIpc) is 2.40. The average molecular weight is 259 g/mol. The van der Waals surface area contributed by atoms with Crippen LogP contribution in [0.2, 0.25) is 0 Å². The van der Waals surface area contributed by atoms with E-state index in [1.165, 1.54) is 30.3 Å². The van der Waals surface area contributed by atoms with E-state index in [0.717, 1.165) is 0 Å². The molecule has 0 aliphatic heterocycles. The van der Waals surface area contributed by atoms with Gasteiger partial charge >= 0.3 is 0 Å². The van der Waals surface area contributed by atoms with Crippen molar-refractivity contribution in [2.75, 3.05) is 12.0 Å². The van der Waals surface area contributed by atoms with Crippen molar-refractivity contribution in [3.8, 4) is 17.9 Å². The van der Waals surface area contributed by atoms with Crippen LogP contribution in [0, 0.1) is 32.8 Å². The zero-order valence-corrected chi connectivity index (χ0v) is 9.95. The van der Waals surface area contributed by atoms with Gasteiger partial charge in [-0.25, -0.2) is 0 Å². The molecule has 0 aromatic heterocycles. The standard InChI is InChI=1S/C11H9N5O3/c1-2-19-9-3-4-11(16(17)18)10(5-9)15-14-8(6-12)7-13/h3-5,15H,2H2,1H3. The maximum atomic E-state index is 10.8. The first kappa shape index (κ1) is 13.9. The van der Waals surface area contributed by atoms with Crippen LogP contribution in [0.15, 0.2) is 23.3 Å². The van der Waals surface area contributed by atoms with Crippen molar-refractivity contribution in [1.82, 2.24) is 0 Å². The van der Waals surface area contributed by atoms with E-state index >= 15 is 0 Å². The van der Waals surface area contributed by atoms with Gasteiger partial charge in [0, 0.05) is 12.1 Å². The molecule has 0 atom stereocenters. The fourth-order valence-electron chi connectivity index (χ4n) is 1.21. The molecule has 8 nitrogen and oxygen atoms in total. The van der Waals surface area contributed by atoms with E-state index < -0.39 is 10.6 Å². The molecule has 1 rings (SSSR count). The van der Waals surface area contributed by atoms with Crippen LogP contribution in [0.5, 0.6) is 5.75 Å². The van der Waals surface area contributed by atoms with E-state index in [0.29, 0.717) is 12.4 Å². The maximum Gasteiger partial charge on any atom is 0.294 e. The molecule has 0 fully saturated rings. The molecular weight excluding hydrogens is 250 g/mol. The van der Waals surface area contributed by atoms with Crippen molar-refractivity contribution in [3.05, 3.63) is 28.3 Å². The second-order valence-electron chi connectivity index (χ2n) is 3.16. The molecule has 0 bridgehead atoms. The molecule has 8 heteroatoms. The minimum atomic E-state index is -0.605. The summed E-state index contributed by atoms with van der Waals surface area (Å²) in [7, 11) is 0. The number of nitro groups is 1. The maximum absolute atomic E-state index is 10.8. The van der Waals surface area contributed by atoms with Crippen LogP contribution in [0.4, 0.5) is 11.4 Å². The van der Waals surface area contributed by atoms with Gasteiger partial charge in [0.25, 0.3) is 5.69 Å². The van der Waals surface area contributed by atoms with E-state index in [2.05, 4.69) is 10.5 Å². The van der Waals surface area contributed by atoms with Crippen molar-refractivity contribution in [2.45, 2.75) is 6.92 Å². The Kier molecular flexibility index (Phi) is 4.82. The Hall–Kier alpha value is -3.13. The molecule has 0 spiro atoms. The number of hydrazone groups is 1. The molecule has 0 saturated heterocycles. The van der Waals surface area contributed by atoms with Crippen LogP contribution < -0.4 is 10.2 Å². The highest BCUT2D eigenvalue weighted by atomic mass is 16.6. The lowest BCUT2D eigenvalue weighted by molar-refractivity contribution is -0.384. The molecule has 0 radical (unpaired) electrons. The minimum Gasteiger partial charge on any atom is -0.494 e. The van der Waals surface area contributed by atoms with Gasteiger partial charge < -0.3 is 4.74 Å². The van der Waals surface area contributed by atoms with Crippen LogP contribution in [0.3, 0.4) is 0 Å². The SMILES string of the molecule is CCOc1ccc([N+](=O)[O-])c(NN=C(C#N)C#N)c1. The van der Waals surface area contributed by atoms with Gasteiger partial charge in [0.2, 0.25) is 5.71 Å². The summed E-state index contributed by atoms with van der Waals surface area (Å²) in [5, 5.41) is 31.3. The molecule has 1 aromatic rings. The van der Waals surface area contributed by atoms with Gasteiger partial charge in [-0.05, 0) is 13.0 Å². The summed E-state index contributed by atoms with van der Waals surface area (Å²) >= 11 is 0. The third kappa shape index (κ3) is 3.68. The fourth-order valence-corrected chi connectivity index (χ4v) is 1.21. The molecule has 0 amide bonds.